The molecule has 1 amide bonds. The van der Waals surface area contributed by atoms with Crippen LogP contribution in [0.5, 0.6) is 5.88 Å². The number of nitrogens with two attached hydrogens (primary N) is 1. The number of amides is 1. The van der Waals surface area contributed by atoms with Gasteiger partial charge in [0.05, 0.1) is 12.4 Å². The molecule has 36 heavy (non-hydrogen) atoms. The third kappa shape index (κ3) is 5.41. The van der Waals surface area contributed by atoms with Crippen LogP contribution in [0, 0.1) is 5.82 Å². The van der Waals surface area contributed by atoms with Crippen molar-refractivity contribution in [3.8, 4) is 5.88 Å². The lowest BCUT2D eigenvalue weighted by molar-refractivity contribution is -0.154. The van der Waals surface area contributed by atoms with Crippen LogP contribution in [-0.2, 0) is 15.6 Å². The number of ether oxygens (including phenoxy) is 1. The van der Waals surface area contributed by atoms with E-state index in [1.807, 2.05) is 0 Å². The van der Waals surface area contributed by atoms with Crippen molar-refractivity contribution in [3.63, 3.8) is 0 Å². The van der Waals surface area contributed by atoms with Crippen LogP contribution >= 0.6 is 0 Å². The Morgan fingerprint density at radius 2 is 1.89 bits per heavy atom. The first-order valence-electron chi connectivity index (χ1n) is 10.4. The van der Waals surface area contributed by atoms with E-state index in [0.29, 0.717) is 0 Å². The number of amidine groups is 1. The molecule has 0 radical (unpaired) electrons. The minimum absolute atomic E-state index is 0.0232. The first-order chi connectivity index (χ1) is 16.5. The summed E-state index contributed by atoms with van der Waals surface area (Å²) in [7, 11) is -2.56. The second kappa shape index (κ2) is 9.28. The lowest BCUT2D eigenvalue weighted by Crippen LogP contribution is -2.50. The predicted molar refractivity (Wildman–Crippen MR) is 123 cm³/mol. The Kier molecular flexibility index (Phi) is 7.02. The number of carbonyl (C=O) groups is 1. The zero-order valence-electron chi connectivity index (χ0n) is 19.7. The Hall–Kier alpha value is -3.33. The summed E-state index contributed by atoms with van der Waals surface area (Å²) in [6.45, 7) is 2.53. The van der Waals surface area contributed by atoms with Crippen molar-refractivity contribution in [3.05, 3.63) is 47.7 Å². The molecule has 0 fully saturated rings. The molecule has 0 aliphatic carbocycles. The van der Waals surface area contributed by atoms with Crippen LogP contribution in [0.3, 0.4) is 0 Å². The van der Waals surface area contributed by atoms with Gasteiger partial charge in [-0.2, -0.15) is 13.2 Å². The number of likely N-dealkylation sites (N-methyl/N-ethyl adjacent to an activating group) is 1. The summed E-state index contributed by atoms with van der Waals surface area (Å²) in [6, 6.07) is 3.63. The molecule has 0 saturated heterocycles. The molecule has 1 unspecified atom stereocenters. The number of alkyl halides is 3. The zero-order chi connectivity index (χ0) is 27.1. The molecule has 15 heteroatoms. The molecule has 2 aromatic rings. The average molecular weight is 533 g/mol. The van der Waals surface area contributed by atoms with E-state index in [4.69, 9.17) is 5.73 Å². The summed E-state index contributed by atoms with van der Waals surface area (Å²) in [4.78, 5) is 24.3. The van der Waals surface area contributed by atoms with Crippen LogP contribution in [0.1, 0.15) is 36.8 Å². The topological polar surface area (TPSA) is 140 Å². The summed E-state index contributed by atoms with van der Waals surface area (Å²) in [5, 5.41) is 2.49. The predicted octanol–water partition coefficient (Wildman–Crippen LogP) is 2.44. The summed E-state index contributed by atoms with van der Waals surface area (Å²) in [5.74, 6) is -2.11. The van der Waals surface area contributed by atoms with E-state index < -0.39 is 50.7 Å². The van der Waals surface area contributed by atoms with E-state index in [1.54, 1.807) is 0 Å². The highest BCUT2D eigenvalue weighted by molar-refractivity contribution is 7.91. The van der Waals surface area contributed by atoms with Gasteiger partial charge in [0, 0.05) is 24.8 Å². The van der Waals surface area contributed by atoms with Crippen molar-refractivity contribution in [2.45, 2.75) is 37.2 Å². The Bertz CT molecular complexity index is 1300. The molecule has 0 bridgehead atoms. The number of aliphatic imine (C=N–C) groups is 1. The highest BCUT2D eigenvalue weighted by Crippen LogP contribution is 2.36. The number of nitrogens with one attached hydrogen (secondary N) is 1. The third-order valence-corrected chi connectivity index (χ3v) is 8.07. The number of halogens is 4. The Morgan fingerprint density at radius 1 is 1.22 bits per heavy atom. The van der Waals surface area contributed by atoms with E-state index in [0.717, 1.165) is 22.8 Å². The van der Waals surface area contributed by atoms with Crippen molar-refractivity contribution in [2.75, 3.05) is 25.5 Å². The molecule has 1 aromatic heterocycles. The number of nitrogens with zero attached hydrogens (tertiary/aromatic N) is 4. The van der Waals surface area contributed by atoms with Crippen molar-refractivity contribution >= 4 is 27.5 Å². The van der Waals surface area contributed by atoms with Crippen molar-refractivity contribution in [1.29, 1.82) is 0 Å². The first-order valence-corrected chi connectivity index (χ1v) is 11.8. The maximum Gasteiger partial charge on any atom is 0.422 e. The van der Waals surface area contributed by atoms with Crippen molar-refractivity contribution in [2.24, 2.45) is 10.7 Å². The smallest absolute Gasteiger partial charge is 0.422 e. The number of anilines is 1. The van der Waals surface area contributed by atoms with Crippen LogP contribution in [0.15, 0.2) is 35.6 Å². The summed E-state index contributed by atoms with van der Waals surface area (Å²) in [5.41, 5.74) is 4.46. The third-order valence-electron chi connectivity index (χ3n) is 5.62. The lowest BCUT2D eigenvalue weighted by atomic mass is 9.91. The van der Waals surface area contributed by atoms with Gasteiger partial charge in [0.25, 0.3) is 5.91 Å². The highest BCUT2D eigenvalue weighted by atomic mass is 32.2. The van der Waals surface area contributed by atoms with Gasteiger partial charge in [0.2, 0.25) is 15.9 Å². The normalized spacial score (nSPS) is 21.8. The molecule has 2 heterocycles. The maximum atomic E-state index is 14.9. The summed E-state index contributed by atoms with van der Waals surface area (Å²) < 4.78 is 81.4. The number of sulfonamides is 1. The van der Waals surface area contributed by atoms with Crippen molar-refractivity contribution < 1.29 is 35.5 Å². The number of hydrogen-bond acceptors (Lipinski definition) is 8. The largest absolute Gasteiger partial charge is 0.467 e. The van der Waals surface area contributed by atoms with Gasteiger partial charge in [-0.15, -0.1) is 0 Å². The molecule has 196 valence electrons. The molecule has 3 N–H and O–H groups in total. The van der Waals surface area contributed by atoms with E-state index >= 15 is 0 Å². The van der Waals surface area contributed by atoms with Gasteiger partial charge in [-0.1, -0.05) is 0 Å². The standard InChI is InChI=1S/C21H24F4N6O4S/c1-19(2)18(26)30-20(3,10-31(4)36(19,33)34)13-7-12(5-6-14(13)22)29-17(32)15-8-28-16(9-27-15)35-11-21(23,24)25/h5-9H,10-11H2,1-4H3,(H2,26,30)(H,29,32). The molecule has 1 aromatic carbocycles. The monoisotopic (exact) mass is 532 g/mol. The minimum Gasteiger partial charge on any atom is -0.467 e. The second-order valence-corrected chi connectivity index (χ2v) is 11.4. The van der Waals surface area contributed by atoms with E-state index in [2.05, 4.69) is 25.0 Å². The molecule has 0 spiro atoms. The summed E-state index contributed by atoms with van der Waals surface area (Å²) in [6.07, 6.45) is -2.78. The van der Waals surface area contributed by atoms with Crippen LogP contribution in [0.4, 0.5) is 23.2 Å². The molecular formula is C21H24F4N6O4S. The van der Waals surface area contributed by atoms with E-state index in [9.17, 15) is 30.8 Å². The number of carbonyl (C=O) groups excluding carboxylic acids is 1. The van der Waals surface area contributed by atoms with Gasteiger partial charge in [-0.05, 0) is 39.0 Å². The fourth-order valence-corrected chi connectivity index (χ4v) is 5.01. The van der Waals surface area contributed by atoms with Crippen LogP contribution < -0.4 is 15.8 Å². The van der Waals surface area contributed by atoms with Gasteiger partial charge >= 0.3 is 6.18 Å². The van der Waals surface area contributed by atoms with Gasteiger partial charge in [-0.25, -0.2) is 27.1 Å². The van der Waals surface area contributed by atoms with Crippen molar-refractivity contribution in [1.82, 2.24) is 14.3 Å². The first kappa shape index (κ1) is 27.3. The highest BCUT2D eigenvalue weighted by Gasteiger charge is 2.48. The molecular weight excluding hydrogens is 508 g/mol. The van der Waals surface area contributed by atoms with Gasteiger partial charge in [-0.3, -0.25) is 9.79 Å². The lowest BCUT2D eigenvalue weighted by Gasteiger charge is -2.29. The van der Waals surface area contributed by atoms with Gasteiger partial charge in [0.1, 0.15) is 27.6 Å². The molecule has 0 saturated carbocycles. The molecule has 1 aliphatic heterocycles. The number of hydrogen-bond donors (Lipinski definition) is 2. The van der Waals surface area contributed by atoms with E-state index in [-0.39, 0.29) is 29.3 Å². The van der Waals surface area contributed by atoms with E-state index in [1.165, 1.54) is 40.0 Å². The number of aromatic nitrogens is 2. The second-order valence-electron chi connectivity index (χ2n) is 8.83. The fraction of sp³-hybridized carbons (Fsp3) is 0.429. The Labute approximate surface area is 204 Å². The quantitative estimate of drug-likeness (QED) is 0.564. The molecule has 3 rings (SSSR count). The zero-order valence-corrected chi connectivity index (χ0v) is 20.5. The average Bonchev–Trinajstić information content (AvgIpc) is 2.82. The number of benzene rings is 1. The Balaban J connectivity index is 1.87. The number of rotatable bonds is 5. The van der Waals surface area contributed by atoms with Crippen LogP contribution in [0.25, 0.3) is 0 Å². The molecule has 1 atom stereocenters. The molecule has 10 nitrogen and oxygen atoms in total. The fourth-order valence-electron chi connectivity index (χ4n) is 3.50. The SMILES string of the molecule is CN1CC(C)(c2cc(NC(=O)c3cnc(OCC(F)(F)F)cn3)ccc2F)N=C(N)C(C)(C)S1(=O)=O. The maximum absolute atomic E-state index is 14.9. The summed E-state index contributed by atoms with van der Waals surface area (Å²) >= 11 is 0. The van der Waals surface area contributed by atoms with Gasteiger partial charge < -0.3 is 15.8 Å². The Morgan fingerprint density at radius 3 is 2.47 bits per heavy atom. The van der Waals surface area contributed by atoms with Gasteiger partial charge in [0.15, 0.2) is 6.61 Å². The van der Waals surface area contributed by atoms with Crippen LogP contribution in [0.2, 0.25) is 0 Å². The molecule has 1 aliphatic rings. The minimum atomic E-state index is -4.56. The van der Waals surface area contributed by atoms with Crippen LogP contribution in [-0.4, -0.2) is 65.6 Å².